The monoisotopic (exact) mass is 402 g/mol. The van der Waals surface area contributed by atoms with Gasteiger partial charge in [-0.3, -0.25) is 14.9 Å². The van der Waals surface area contributed by atoms with Crippen LogP contribution in [0.1, 0.15) is 29.1 Å². The van der Waals surface area contributed by atoms with Crippen molar-refractivity contribution in [3.8, 4) is 0 Å². The lowest BCUT2D eigenvalue weighted by atomic mass is 10.2. The van der Waals surface area contributed by atoms with Crippen molar-refractivity contribution in [1.82, 2.24) is 5.32 Å². The van der Waals surface area contributed by atoms with Gasteiger partial charge in [0.25, 0.3) is 11.6 Å². The summed E-state index contributed by atoms with van der Waals surface area (Å²) in [7, 11) is 0. The van der Waals surface area contributed by atoms with E-state index in [0.717, 1.165) is 17.5 Å². The largest absolute Gasteiger partial charge is 0.459 e. The summed E-state index contributed by atoms with van der Waals surface area (Å²) in [5.74, 6) is -1.04. The van der Waals surface area contributed by atoms with Crippen molar-refractivity contribution < 1.29 is 23.7 Å². The van der Waals surface area contributed by atoms with Crippen LogP contribution in [0.15, 0.2) is 52.9 Å². The molecule has 0 aliphatic carbocycles. The highest BCUT2D eigenvalue weighted by molar-refractivity contribution is 6.31. The Bertz CT molecular complexity index is 1030. The summed E-state index contributed by atoms with van der Waals surface area (Å²) in [6.45, 7) is 1.12. The molecule has 0 saturated carbocycles. The van der Waals surface area contributed by atoms with Gasteiger partial charge in [-0.1, -0.05) is 29.8 Å². The number of hydrogen-bond acceptors (Lipinski definition) is 6. The average molecular weight is 403 g/mol. The molecule has 0 aliphatic rings. The first-order chi connectivity index (χ1) is 13.3. The molecule has 1 aromatic heterocycles. The average Bonchev–Trinajstić information content (AvgIpc) is 3.10. The molecule has 0 aliphatic heterocycles. The third-order valence-corrected chi connectivity index (χ3v) is 4.19. The second-order valence-electron chi connectivity index (χ2n) is 5.97. The molecule has 1 heterocycles. The zero-order chi connectivity index (χ0) is 20.3. The van der Waals surface area contributed by atoms with Gasteiger partial charge in [-0.25, -0.2) is 4.79 Å². The van der Waals surface area contributed by atoms with Gasteiger partial charge in [-0.15, -0.1) is 0 Å². The molecule has 0 fully saturated rings. The minimum absolute atomic E-state index is 0.139. The number of ether oxygens (including phenoxy) is 1. The lowest BCUT2D eigenvalue weighted by Gasteiger charge is -2.11. The van der Waals surface area contributed by atoms with E-state index in [1.54, 1.807) is 6.92 Å². The molecule has 1 atom stereocenters. The van der Waals surface area contributed by atoms with Gasteiger partial charge in [0.15, 0.2) is 6.61 Å². The maximum atomic E-state index is 12.1. The molecule has 0 radical (unpaired) electrons. The normalized spacial score (nSPS) is 11.8. The molecule has 0 spiro atoms. The van der Waals surface area contributed by atoms with E-state index >= 15 is 0 Å². The number of carbonyl (C=O) groups is 2. The quantitative estimate of drug-likeness (QED) is 0.378. The molecule has 28 heavy (non-hydrogen) atoms. The Hall–Kier alpha value is -3.39. The van der Waals surface area contributed by atoms with Gasteiger partial charge in [-0.2, -0.15) is 0 Å². The number of hydrogen-bond donors (Lipinski definition) is 1. The summed E-state index contributed by atoms with van der Waals surface area (Å²) in [6, 6.07) is 12.3. The molecule has 3 rings (SSSR count). The van der Waals surface area contributed by atoms with Crippen molar-refractivity contribution in [1.29, 1.82) is 0 Å². The summed E-state index contributed by atoms with van der Waals surface area (Å²) in [5.41, 5.74) is -0.0839. The Labute approximate surface area is 164 Å². The molecular formula is C19H15ClN2O6. The van der Waals surface area contributed by atoms with Gasteiger partial charge < -0.3 is 14.5 Å². The van der Waals surface area contributed by atoms with E-state index in [2.05, 4.69) is 5.32 Å². The van der Waals surface area contributed by atoms with Gasteiger partial charge in [0.2, 0.25) is 0 Å². The SMILES string of the molecule is C[C@@H](NC(=O)COC(=O)c1cc(Cl)ccc1[N+](=O)[O-])c1cc2ccccc2o1. The van der Waals surface area contributed by atoms with Crippen LogP contribution in [-0.4, -0.2) is 23.4 Å². The number of fused-ring (bicyclic) bond motifs is 1. The summed E-state index contributed by atoms with van der Waals surface area (Å²) in [4.78, 5) is 34.5. The number of furan rings is 1. The number of esters is 1. The van der Waals surface area contributed by atoms with Crippen molar-refractivity contribution >= 4 is 40.1 Å². The number of benzene rings is 2. The maximum absolute atomic E-state index is 12.1. The first kappa shape index (κ1) is 19.4. The Morgan fingerprint density at radius 2 is 2.00 bits per heavy atom. The third kappa shape index (κ3) is 4.29. The van der Waals surface area contributed by atoms with E-state index in [-0.39, 0.29) is 10.6 Å². The van der Waals surface area contributed by atoms with E-state index in [1.807, 2.05) is 30.3 Å². The minimum atomic E-state index is -1.01. The van der Waals surface area contributed by atoms with Gasteiger partial charge in [-0.05, 0) is 31.2 Å². The number of nitro benzene ring substituents is 1. The highest BCUT2D eigenvalue weighted by Crippen LogP contribution is 2.24. The number of rotatable bonds is 6. The second-order valence-corrected chi connectivity index (χ2v) is 6.41. The van der Waals surface area contributed by atoms with Gasteiger partial charge in [0, 0.05) is 16.5 Å². The van der Waals surface area contributed by atoms with Crippen LogP contribution in [-0.2, 0) is 9.53 Å². The predicted octanol–water partition coefficient (Wildman–Crippen LogP) is 4.03. The lowest BCUT2D eigenvalue weighted by Crippen LogP contribution is -2.31. The molecule has 0 unspecified atom stereocenters. The Morgan fingerprint density at radius 1 is 1.25 bits per heavy atom. The highest BCUT2D eigenvalue weighted by Gasteiger charge is 2.23. The fourth-order valence-corrected chi connectivity index (χ4v) is 2.78. The minimum Gasteiger partial charge on any atom is -0.459 e. The number of nitrogens with zero attached hydrogens (tertiary/aromatic N) is 1. The molecule has 0 saturated heterocycles. The van der Waals surface area contributed by atoms with Crippen LogP contribution in [0.5, 0.6) is 0 Å². The number of amides is 1. The van der Waals surface area contributed by atoms with E-state index in [0.29, 0.717) is 11.3 Å². The summed E-state index contributed by atoms with van der Waals surface area (Å²) >= 11 is 5.78. The molecular weight excluding hydrogens is 388 g/mol. The van der Waals surface area contributed by atoms with Crippen molar-refractivity contribution in [3.05, 3.63) is 75.0 Å². The van der Waals surface area contributed by atoms with E-state index < -0.39 is 35.1 Å². The molecule has 0 bridgehead atoms. The van der Waals surface area contributed by atoms with Gasteiger partial charge in [0.1, 0.15) is 16.9 Å². The number of nitrogens with one attached hydrogen (secondary N) is 1. The Kier molecular flexibility index (Phi) is 5.60. The summed E-state index contributed by atoms with van der Waals surface area (Å²) in [5, 5.41) is 14.7. The van der Waals surface area contributed by atoms with Crippen molar-refractivity contribution in [2.24, 2.45) is 0 Å². The predicted molar refractivity (Wildman–Crippen MR) is 101 cm³/mol. The van der Waals surface area contributed by atoms with E-state index in [1.165, 1.54) is 6.07 Å². The molecule has 1 amide bonds. The van der Waals surface area contributed by atoms with Crippen molar-refractivity contribution in [3.63, 3.8) is 0 Å². The number of halogens is 1. The topological polar surface area (TPSA) is 112 Å². The third-order valence-electron chi connectivity index (χ3n) is 3.96. The molecule has 9 heteroatoms. The molecule has 2 aromatic carbocycles. The van der Waals surface area contributed by atoms with Gasteiger partial charge >= 0.3 is 5.97 Å². The first-order valence-electron chi connectivity index (χ1n) is 8.24. The Morgan fingerprint density at radius 3 is 2.71 bits per heavy atom. The lowest BCUT2D eigenvalue weighted by molar-refractivity contribution is -0.385. The van der Waals surface area contributed by atoms with Crippen LogP contribution in [0.4, 0.5) is 5.69 Å². The molecule has 3 aromatic rings. The zero-order valence-electron chi connectivity index (χ0n) is 14.7. The second kappa shape index (κ2) is 8.10. The highest BCUT2D eigenvalue weighted by atomic mass is 35.5. The fraction of sp³-hybridized carbons (Fsp3) is 0.158. The van der Waals surface area contributed by atoms with Crippen molar-refractivity contribution in [2.75, 3.05) is 6.61 Å². The molecule has 144 valence electrons. The van der Waals surface area contributed by atoms with Crippen molar-refractivity contribution in [2.45, 2.75) is 13.0 Å². The summed E-state index contributed by atoms with van der Waals surface area (Å²) in [6.07, 6.45) is 0. The van der Waals surface area contributed by atoms with Crippen LogP contribution < -0.4 is 5.32 Å². The number of carbonyl (C=O) groups excluding carboxylic acids is 2. The van der Waals surface area contributed by atoms with Crippen LogP contribution in [0, 0.1) is 10.1 Å². The Balaban J connectivity index is 1.61. The van der Waals surface area contributed by atoms with Crippen LogP contribution >= 0.6 is 11.6 Å². The van der Waals surface area contributed by atoms with Gasteiger partial charge in [0.05, 0.1) is 11.0 Å². The molecule has 1 N–H and O–H groups in total. The maximum Gasteiger partial charge on any atom is 0.345 e. The van der Waals surface area contributed by atoms with Crippen LogP contribution in [0.25, 0.3) is 11.0 Å². The zero-order valence-corrected chi connectivity index (χ0v) is 15.4. The number of para-hydroxylation sites is 1. The smallest absolute Gasteiger partial charge is 0.345 e. The molecule has 8 nitrogen and oxygen atoms in total. The van der Waals surface area contributed by atoms with Crippen LogP contribution in [0.3, 0.4) is 0 Å². The number of nitro groups is 1. The van der Waals surface area contributed by atoms with E-state index in [4.69, 9.17) is 20.8 Å². The standard InChI is InChI=1S/C19H15ClN2O6/c1-11(17-8-12-4-2-3-5-16(12)28-17)21-18(23)10-27-19(24)14-9-13(20)6-7-15(14)22(25)26/h2-9,11H,10H2,1H3,(H,21,23)/t11-/m1/s1. The van der Waals surface area contributed by atoms with Crippen LogP contribution in [0.2, 0.25) is 5.02 Å². The summed E-state index contributed by atoms with van der Waals surface area (Å²) < 4.78 is 10.6. The fourth-order valence-electron chi connectivity index (χ4n) is 2.61. The van der Waals surface area contributed by atoms with E-state index in [9.17, 15) is 19.7 Å². The first-order valence-corrected chi connectivity index (χ1v) is 8.62.